The van der Waals surface area contributed by atoms with Crippen molar-refractivity contribution in [2.45, 2.75) is 39.9 Å². The molecule has 1 unspecified atom stereocenters. The molecule has 0 spiro atoms. The average Bonchev–Trinajstić information content (AvgIpc) is 2.70. The van der Waals surface area contributed by atoms with Crippen molar-refractivity contribution in [1.29, 1.82) is 0 Å². The van der Waals surface area contributed by atoms with E-state index in [0.717, 1.165) is 13.1 Å². The second-order valence-electron chi connectivity index (χ2n) is 3.58. The van der Waals surface area contributed by atoms with E-state index in [4.69, 9.17) is 0 Å². The van der Waals surface area contributed by atoms with Gasteiger partial charge in [-0.2, -0.15) is 16.9 Å². The zero-order chi connectivity index (χ0) is 11.1. The Morgan fingerprint density at radius 3 is 3.00 bits per heavy atom. The topological polar surface area (TPSA) is 29.9 Å². The molecule has 1 atom stereocenters. The van der Waals surface area contributed by atoms with Crippen molar-refractivity contribution in [1.82, 2.24) is 15.1 Å². The molecule has 0 aromatic carbocycles. The number of nitrogens with one attached hydrogen (secondary N) is 1. The number of rotatable bonds is 7. The lowest BCUT2D eigenvalue weighted by atomic mass is 10.3. The fourth-order valence-corrected chi connectivity index (χ4v) is 2.13. The molecule has 86 valence electrons. The quantitative estimate of drug-likeness (QED) is 0.774. The number of hydrogen-bond donors (Lipinski definition) is 1. The van der Waals surface area contributed by atoms with Crippen LogP contribution in [0.3, 0.4) is 0 Å². The Bertz CT molecular complexity index is 273. The van der Waals surface area contributed by atoms with Gasteiger partial charge in [-0.15, -0.1) is 0 Å². The molecule has 1 rings (SSSR count). The maximum absolute atomic E-state index is 4.25. The standard InChI is InChI=1S/C11H21N3S/c1-4-14-11(6-7-13-14)8-12-10(3)9-15-5-2/h6-7,10,12H,4-5,8-9H2,1-3H3. The summed E-state index contributed by atoms with van der Waals surface area (Å²) in [5, 5.41) is 7.76. The lowest BCUT2D eigenvalue weighted by Crippen LogP contribution is -2.28. The van der Waals surface area contributed by atoms with Gasteiger partial charge in [0.25, 0.3) is 0 Å². The number of thioether (sulfide) groups is 1. The Morgan fingerprint density at radius 1 is 1.53 bits per heavy atom. The van der Waals surface area contributed by atoms with Crippen LogP contribution in [0, 0.1) is 0 Å². The van der Waals surface area contributed by atoms with E-state index in [0.29, 0.717) is 6.04 Å². The highest BCUT2D eigenvalue weighted by molar-refractivity contribution is 7.99. The van der Waals surface area contributed by atoms with Crippen LogP contribution in [0.25, 0.3) is 0 Å². The summed E-state index contributed by atoms with van der Waals surface area (Å²) in [6.07, 6.45) is 1.87. The predicted octanol–water partition coefficient (Wildman–Crippen LogP) is 2.13. The van der Waals surface area contributed by atoms with E-state index in [1.54, 1.807) is 0 Å². The molecule has 0 aliphatic heterocycles. The van der Waals surface area contributed by atoms with Crippen LogP contribution in [0.4, 0.5) is 0 Å². The Morgan fingerprint density at radius 2 is 2.33 bits per heavy atom. The molecule has 1 heterocycles. The molecule has 4 heteroatoms. The zero-order valence-electron chi connectivity index (χ0n) is 9.86. The summed E-state index contributed by atoms with van der Waals surface area (Å²) in [7, 11) is 0. The number of nitrogens with zero attached hydrogens (tertiary/aromatic N) is 2. The highest BCUT2D eigenvalue weighted by atomic mass is 32.2. The summed E-state index contributed by atoms with van der Waals surface area (Å²) in [4.78, 5) is 0. The van der Waals surface area contributed by atoms with Crippen LogP contribution in [0.5, 0.6) is 0 Å². The van der Waals surface area contributed by atoms with E-state index in [1.807, 2.05) is 22.6 Å². The van der Waals surface area contributed by atoms with Crippen molar-refractivity contribution in [3.63, 3.8) is 0 Å². The van der Waals surface area contributed by atoms with Gasteiger partial charge in [0.2, 0.25) is 0 Å². The first kappa shape index (κ1) is 12.6. The van der Waals surface area contributed by atoms with Gasteiger partial charge in [-0.05, 0) is 25.7 Å². The lowest BCUT2D eigenvalue weighted by molar-refractivity contribution is 0.544. The zero-order valence-corrected chi connectivity index (χ0v) is 10.7. The summed E-state index contributed by atoms with van der Waals surface area (Å²) in [5.74, 6) is 2.37. The molecule has 0 saturated heterocycles. The Labute approximate surface area is 96.6 Å². The third-order valence-corrected chi connectivity index (χ3v) is 3.45. The van der Waals surface area contributed by atoms with Crippen molar-refractivity contribution in [2.75, 3.05) is 11.5 Å². The molecule has 15 heavy (non-hydrogen) atoms. The second-order valence-corrected chi connectivity index (χ2v) is 4.90. The molecular formula is C11H21N3S. The van der Waals surface area contributed by atoms with Crippen LogP contribution in [0.1, 0.15) is 26.5 Å². The first-order valence-corrected chi connectivity index (χ1v) is 6.75. The van der Waals surface area contributed by atoms with Gasteiger partial charge < -0.3 is 5.32 Å². The van der Waals surface area contributed by atoms with E-state index in [9.17, 15) is 0 Å². The third kappa shape index (κ3) is 4.26. The van der Waals surface area contributed by atoms with E-state index in [1.165, 1.54) is 17.2 Å². The largest absolute Gasteiger partial charge is 0.308 e. The van der Waals surface area contributed by atoms with Crippen LogP contribution < -0.4 is 5.32 Å². The predicted molar refractivity (Wildman–Crippen MR) is 67.2 cm³/mol. The van der Waals surface area contributed by atoms with Crippen LogP contribution in [0.2, 0.25) is 0 Å². The van der Waals surface area contributed by atoms with E-state index in [-0.39, 0.29) is 0 Å². The van der Waals surface area contributed by atoms with Gasteiger partial charge in [-0.1, -0.05) is 6.92 Å². The molecule has 0 amide bonds. The molecule has 1 N–H and O–H groups in total. The van der Waals surface area contributed by atoms with Gasteiger partial charge in [-0.3, -0.25) is 4.68 Å². The maximum atomic E-state index is 4.25. The highest BCUT2D eigenvalue weighted by Crippen LogP contribution is 2.03. The fourth-order valence-electron chi connectivity index (χ4n) is 1.43. The molecule has 0 saturated carbocycles. The summed E-state index contributed by atoms with van der Waals surface area (Å²) < 4.78 is 2.03. The van der Waals surface area contributed by atoms with Gasteiger partial charge in [0.05, 0.1) is 5.69 Å². The summed E-state index contributed by atoms with van der Waals surface area (Å²) >= 11 is 1.98. The Hall–Kier alpha value is -0.480. The van der Waals surface area contributed by atoms with Crippen molar-refractivity contribution >= 4 is 11.8 Å². The number of aryl methyl sites for hydroxylation is 1. The molecule has 0 fully saturated rings. The second kappa shape index (κ2) is 6.90. The van der Waals surface area contributed by atoms with Gasteiger partial charge >= 0.3 is 0 Å². The van der Waals surface area contributed by atoms with Gasteiger partial charge in [0.1, 0.15) is 0 Å². The molecule has 1 aromatic heterocycles. The Balaban J connectivity index is 2.30. The molecule has 0 aliphatic rings. The monoisotopic (exact) mass is 227 g/mol. The fraction of sp³-hybridized carbons (Fsp3) is 0.727. The molecule has 0 aliphatic carbocycles. The normalized spacial score (nSPS) is 13.0. The number of hydrogen-bond acceptors (Lipinski definition) is 3. The smallest absolute Gasteiger partial charge is 0.0522 e. The molecule has 3 nitrogen and oxygen atoms in total. The van der Waals surface area contributed by atoms with Gasteiger partial charge in [0, 0.05) is 31.1 Å². The highest BCUT2D eigenvalue weighted by Gasteiger charge is 2.03. The minimum absolute atomic E-state index is 0.565. The van der Waals surface area contributed by atoms with Crippen LogP contribution in [-0.4, -0.2) is 27.3 Å². The minimum Gasteiger partial charge on any atom is -0.308 e. The van der Waals surface area contributed by atoms with Crippen molar-refractivity contribution in [3.8, 4) is 0 Å². The summed E-state index contributed by atoms with van der Waals surface area (Å²) in [5.41, 5.74) is 1.27. The van der Waals surface area contributed by atoms with Crippen LogP contribution in [0.15, 0.2) is 12.3 Å². The number of aromatic nitrogens is 2. The first-order chi connectivity index (χ1) is 7.27. The van der Waals surface area contributed by atoms with E-state index < -0.39 is 0 Å². The minimum atomic E-state index is 0.565. The Kier molecular flexibility index (Phi) is 5.79. The molecular weight excluding hydrogens is 206 g/mol. The van der Waals surface area contributed by atoms with Crippen molar-refractivity contribution < 1.29 is 0 Å². The van der Waals surface area contributed by atoms with Crippen molar-refractivity contribution in [2.24, 2.45) is 0 Å². The SMILES string of the molecule is CCSCC(C)NCc1ccnn1CC. The van der Waals surface area contributed by atoms with E-state index in [2.05, 4.69) is 37.3 Å². The van der Waals surface area contributed by atoms with Gasteiger partial charge in [-0.25, -0.2) is 0 Å². The van der Waals surface area contributed by atoms with Crippen LogP contribution >= 0.6 is 11.8 Å². The molecule has 0 bridgehead atoms. The summed E-state index contributed by atoms with van der Waals surface area (Å²) in [6, 6.07) is 2.64. The average molecular weight is 227 g/mol. The maximum Gasteiger partial charge on any atom is 0.0522 e. The lowest BCUT2D eigenvalue weighted by Gasteiger charge is -2.13. The van der Waals surface area contributed by atoms with Crippen LogP contribution in [-0.2, 0) is 13.1 Å². The third-order valence-electron chi connectivity index (χ3n) is 2.31. The van der Waals surface area contributed by atoms with E-state index >= 15 is 0 Å². The molecule has 1 aromatic rings. The molecule has 0 radical (unpaired) electrons. The van der Waals surface area contributed by atoms with Crippen molar-refractivity contribution in [3.05, 3.63) is 18.0 Å². The first-order valence-electron chi connectivity index (χ1n) is 5.59. The summed E-state index contributed by atoms with van der Waals surface area (Å²) in [6.45, 7) is 8.41. The van der Waals surface area contributed by atoms with Gasteiger partial charge in [0.15, 0.2) is 0 Å².